The highest BCUT2D eigenvalue weighted by Gasteiger charge is 2.17. The number of benzene rings is 1. The molecule has 0 spiro atoms. The number of carbonyl (C=O) groups is 1. The van der Waals surface area contributed by atoms with Gasteiger partial charge in [-0.05, 0) is 39.0 Å². The van der Waals surface area contributed by atoms with E-state index in [4.69, 9.17) is 4.74 Å². The number of amides is 1. The van der Waals surface area contributed by atoms with Crippen LogP contribution in [0, 0.1) is 5.82 Å². The highest BCUT2D eigenvalue weighted by Crippen LogP contribution is 2.21. The second kappa shape index (κ2) is 6.68. The second-order valence-electron chi connectivity index (χ2n) is 6.13. The molecule has 0 bridgehead atoms. The average molecular weight is 320 g/mol. The molecule has 0 aliphatic rings. The van der Waals surface area contributed by atoms with Gasteiger partial charge in [-0.25, -0.2) is 14.2 Å². The molecule has 1 amide bonds. The summed E-state index contributed by atoms with van der Waals surface area (Å²) < 4.78 is 20.8. The molecule has 0 unspecified atom stereocenters. The fourth-order valence-corrected chi connectivity index (χ4v) is 1.89. The maximum absolute atomic E-state index is 13.8. The summed E-state index contributed by atoms with van der Waals surface area (Å²) in [5, 5.41) is 5.55. The van der Waals surface area contributed by atoms with Crippen molar-refractivity contribution in [2.45, 2.75) is 32.9 Å². The monoisotopic (exact) mass is 320 g/mol. The Morgan fingerprint density at radius 2 is 2.13 bits per heavy atom. The van der Waals surface area contributed by atoms with Crippen molar-refractivity contribution in [1.29, 1.82) is 0 Å². The van der Waals surface area contributed by atoms with E-state index in [1.54, 1.807) is 33.0 Å². The van der Waals surface area contributed by atoms with Crippen LogP contribution in [0.2, 0.25) is 0 Å². The summed E-state index contributed by atoms with van der Waals surface area (Å²) in [4.78, 5) is 15.9. The third kappa shape index (κ3) is 4.98. The van der Waals surface area contributed by atoms with Gasteiger partial charge in [-0.3, -0.25) is 5.32 Å². The van der Waals surface area contributed by atoms with Crippen molar-refractivity contribution in [3.63, 3.8) is 0 Å². The molecule has 124 valence electrons. The Hall–Kier alpha value is -2.57. The van der Waals surface area contributed by atoms with Crippen LogP contribution in [0.15, 0.2) is 30.6 Å². The van der Waals surface area contributed by atoms with Gasteiger partial charge < -0.3 is 14.6 Å². The fraction of sp³-hybridized carbons (Fsp3) is 0.375. The number of imidazole rings is 1. The van der Waals surface area contributed by atoms with E-state index in [9.17, 15) is 9.18 Å². The Bertz CT molecular complexity index is 692. The molecule has 0 saturated carbocycles. The zero-order valence-corrected chi connectivity index (χ0v) is 13.7. The van der Waals surface area contributed by atoms with Crippen LogP contribution in [0.3, 0.4) is 0 Å². The molecule has 23 heavy (non-hydrogen) atoms. The number of nitrogens with one attached hydrogen (secondary N) is 2. The molecular formula is C16H21FN4O2. The number of rotatable bonds is 4. The van der Waals surface area contributed by atoms with Crippen molar-refractivity contribution in [3.8, 4) is 0 Å². The van der Waals surface area contributed by atoms with Crippen molar-refractivity contribution in [3.05, 3.63) is 42.2 Å². The lowest BCUT2D eigenvalue weighted by Gasteiger charge is -2.20. The number of anilines is 2. The van der Waals surface area contributed by atoms with E-state index in [1.165, 1.54) is 12.1 Å². The number of carbonyl (C=O) groups excluding carboxylic acids is 1. The fourth-order valence-electron chi connectivity index (χ4n) is 1.89. The molecule has 6 nitrogen and oxygen atoms in total. The molecule has 1 aromatic heterocycles. The van der Waals surface area contributed by atoms with E-state index in [1.807, 2.05) is 17.8 Å². The molecule has 2 rings (SSSR count). The molecule has 0 aliphatic carbocycles. The van der Waals surface area contributed by atoms with Crippen molar-refractivity contribution < 1.29 is 13.9 Å². The summed E-state index contributed by atoms with van der Waals surface area (Å²) in [5.74, 6) is 0.314. The van der Waals surface area contributed by atoms with E-state index >= 15 is 0 Å². The summed E-state index contributed by atoms with van der Waals surface area (Å²) in [6.07, 6.45) is 2.85. The smallest absolute Gasteiger partial charge is 0.412 e. The van der Waals surface area contributed by atoms with Gasteiger partial charge in [0.25, 0.3) is 0 Å². The Morgan fingerprint density at radius 1 is 1.39 bits per heavy atom. The highest BCUT2D eigenvalue weighted by molar-refractivity contribution is 5.85. The predicted octanol–water partition coefficient (Wildman–Crippen LogP) is 3.52. The minimum Gasteiger partial charge on any atom is -0.444 e. The number of aromatic nitrogens is 2. The predicted molar refractivity (Wildman–Crippen MR) is 86.8 cm³/mol. The van der Waals surface area contributed by atoms with Crippen molar-refractivity contribution in [2.75, 3.05) is 10.6 Å². The van der Waals surface area contributed by atoms with Crippen LogP contribution in [0.5, 0.6) is 0 Å². The highest BCUT2D eigenvalue weighted by atomic mass is 19.1. The van der Waals surface area contributed by atoms with E-state index in [0.29, 0.717) is 12.2 Å². The number of ether oxygens (including phenoxy) is 1. The van der Waals surface area contributed by atoms with Crippen LogP contribution in [0.4, 0.5) is 20.6 Å². The van der Waals surface area contributed by atoms with Crippen LogP contribution in [-0.4, -0.2) is 21.2 Å². The molecule has 7 heteroatoms. The number of nitrogens with zero attached hydrogens (tertiary/aromatic N) is 2. The molecule has 2 aromatic rings. The molecule has 0 saturated heterocycles. The first-order valence-electron chi connectivity index (χ1n) is 7.24. The topological polar surface area (TPSA) is 68.2 Å². The van der Waals surface area contributed by atoms with Gasteiger partial charge in [0.2, 0.25) is 0 Å². The zero-order chi connectivity index (χ0) is 17.0. The van der Waals surface area contributed by atoms with Crippen molar-refractivity contribution in [1.82, 2.24) is 9.55 Å². The maximum atomic E-state index is 13.8. The number of aryl methyl sites for hydroxylation is 1. The second-order valence-corrected chi connectivity index (χ2v) is 6.13. The van der Waals surface area contributed by atoms with Crippen LogP contribution in [0.25, 0.3) is 0 Å². The summed E-state index contributed by atoms with van der Waals surface area (Å²) >= 11 is 0. The van der Waals surface area contributed by atoms with Gasteiger partial charge >= 0.3 is 6.09 Å². The number of hydrogen-bond acceptors (Lipinski definition) is 4. The summed E-state index contributed by atoms with van der Waals surface area (Å²) in [6.45, 7) is 5.72. The van der Waals surface area contributed by atoms with Crippen LogP contribution in [-0.2, 0) is 18.3 Å². The average Bonchev–Trinajstić information content (AvgIpc) is 2.83. The molecule has 0 fully saturated rings. The Kier molecular flexibility index (Phi) is 4.88. The Balaban J connectivity index is 2.03. The normalized spacial score (nSPS) is 11.2. The third-order valence-corrected chi connectivity index (χ3v) is 2.97. The van der Waals surface area contributed by atoms with Crippen LogP contribution in [0.1, 0.15) is 26.6 Å². The van der Waals surface area contributed by atoms with Gasteiger partial charge in [-0.15, -0.1) is 0 Å². The minimum atomic E-state index is -0.697. The first-order valence-corrected chi connectivity index (χ1v) is 7.24. The molecule has 2 N–H and O–H groups in total. The first-order chi connectivity index (χ1) is 10.7. The van der Waals surface area contributed by atoms with Crippen LogP contribution >= 0.6 is 0 Å². The lowest BCUT2D eigenvalue weighted by molar-refractivity contribution is 0.0635. The largest absolute Gasteiger partial charge is 0.444 e. The SMILES string of the molecule is Cn1ccnc1CNc1ccc(F)c(NC(=O)OC(C)(C)C)c1. The van der Waals surface area contributed by atoms with Crippen molar-refractivity contribution >= 4 is 17.5 Å². The minimum absolute atomic E-state index is 0.0593. The number of hydrogen-bond donors (Lipinski definition) is 2. The van der Waals surface area contributed by atoms with Crippen LogP contribution < -0.4 is 10.6 Å². The van der Waals surface area contributed by atoms with E-state index in [0.717, 1.165) is 5.82 Å². The van der Waals surface area contributed by atoms with Gasteiger partial charge in [0.15, 0.2) is 0 Å². The first kappa shape index (κ1) is 16.8. The molecular weight excluding hydrogens is 299 g/mol. The lowest BCUT2D eigenvalue weighted by atomic mass is 10.2. The molecule has 0 aliphatic heterocycles. The van der Waals surface area contributed by atoms with E-state index in [-0.39, 0.29) is 5.69 Å². The van der Waals surface area contributed by atoms with E-state index in [2.05, 4.69) is 15.6 Å². The molecule has 0 radical (unpaired) electrons. The quantitative estimate of drug-likeness (QED) is 0.904. The number of halogens is 1. The van der Waals surface area contributed by atoms with Gasteiger partial charge in [0.1, 0.15) is 17.2 Å². The third-order valence-electron chi connectivity index (χ3n) is 2.97. The lowest BCUT2D eigenvalue weighted by Crippen LogP contribution is -2.27. The molecule has 0 atom stereocenters. The maximum Gasteiger partial charge on any atom is 0.412 e. The Morgan fingerprint density at radius 3 is 2.74 bits per heavy atom. The van der Waals surface area contributed by atoms with Gasteiger partial charge in [-0.1, -0.05) is 0 Å². The van der Waals surface area contributed by atoms with Gasteiger partial charge in [-0.2, -0.15) is 0 Å². The molecule has 1 heterocycles. The van der Waals surface area contributed by atoms with Gasteiger partial charge in [0, 0.05) is 25.1 Å². The molecule has 1 aromatic carbocycles. The zero-order valence-electron chi connectivity index (χ0n) is 13.7. The van der Waals surface area contributed by atoms with Crippen molar-refractivity contribution in [2.24, 2.45) is 7.05 Å². The Labute approximate surface area is 134 Å². The summed E-state index contributed by atoms with van der Waals surface area (Å²) in [7, 11) is 1.89. The standard InChI is InChI=1S/C16H21FN4O2/c1-16(2,3)23-15(22)20-13-9-11(5-6-12(13)17)19-10-14-18-7-8-21(14)4/h5-9,19H,10H2,1-4H3,(H,20,22). The summed E-state index contributed by atoms with van der Waals surface area (Å²) in [6, 6.07) is 4.40. The van der Waals surface area contributed by atoms with Gasteiger partial charge in [0.05, 0.1) is 12.2 Å². The van der Waals surface area contributed by atoms with E-state index < -0.39 is 17.5 Å². The summed E-state index contributed by atoms with van der Waals surface area (Å²) in [5.41, 5.74) is 0.0822.